The summed E-state index contributed by atoms with van der Waals surface area (Å²) in [5.41, 5.74) is 2.87. The third-order valence-electron chi connectivity index (χ3n) is 4.38. The summed E-state index contributed by atoms with van der Waals surface area (Å²) in [5.74, 6) is 1.48. The van der Waals surface area contributed by atoms with Crippen LogP contribution in [-0.2, 0) is 0 Å². The summed E-state index contributed by atoms with van der Waals surface area (Å²) in [6.07, 6.45) is 3.91. The summed E-state index contributed by atoms with van der Waals surface area (Å²) in [5, 5.41) is 6.94. The first-order chi connectivity index (χ1) is 9.20. The zero-order valence-corrected chi connectivity index (χ0v) is 12.6. The summed E-state index contributed by atoms with van der Waals surface area (Å²) >= 11 is 0. The van der Waals surface area contributed by atoms with Crippen molar-refractivity contribution in [2.75, 3.05) is 20.1 Å². The monoisotopic (exact) mass is 260 g/mol. The van der Waals surface area contributed by atoms with E-state index in [0.29, 0.717) is 12.0 Å². The van der Waals surface area contributed by atoms with Crippen molar-refractivity contribution in [1.29, 1.82) is 0 Å². The molecule has 1 saturated heterocycles. The van der Waals surface area contributed by atoms with Gasteiger partial charge in [-0.05, 0) is 62.4 Å². The van der Waals surface area contributed by atoms with Crippen molar-refractivity contribution >= 4 is 0 Å². The van der Waals surface area contributed by atoms with E-state index in [9.17, 15) is 0 Å². The van der Waals surface area contributed by atoms with Crippen molar-refractivity contribution in [3.05, 3.63) is 35.4 Å². The van der Waals surface area contributed by atoms with E-state index in [1.807, 2.05) is 0 Å². The van der Waals surface area contributed by atoms with Gasteiger partial charge < -0.3 is 10.6 Å². The fourth-order valence-corrected chi connectivity index (χ4v) is 2.98. The summed E-state index contributed by atoms with van der Waals surface area (Å²) in [6, 6.07) is 9.68. The van der Waals surface area contributed by atoms with Gasteiger partial charge >= 0.3 is 0 Å². The molecule has 106 valence electrons. The summed E-state index contributed by atoms with van der Waals surface area (Å²) in [7, 11) is 2.09. The van der Waals surface area contributed by atoms with Crippen LogP contribution in [0, 0.1) is 5.92 Å². The summed E-state index contributed by atoms with van der Waals surface area (Å²) in [4.78, 5) is 0. The summed E-state index contributed by atoms with van der Waals surface area (Å²) in [6.45, 7) is 6.87. The molecule has 0 amide bonds. The number of hydrogen-bond acceptors (Lipinski definition) is 2. The molecule has 0 radical (unpaired) electrons. The van der Waals surface area contributed by atoms with Crippen molar-refractivity contribution in [3.63, 3.8) is 0 Å². The molecule has 1 unspecified atom stereocenters. The Labute approximate surface area is 118 Å². The number of piperidine rings is 1. The second kappa shape index (κ2) is 7.06. The molecule has 1 aromatic rings. The highest BCUT2D eigenvalue weighted by atomic mass is 14.9. The van der Waals surface area contributed by atoms with Gasteiger partial charge in [0.2, 0.25) is 0 Å². The van der Waals surface area contributed by atoms with Gasteiger partial charge in [0.15, 0.2) is 0 Å². The molecule has 19 heavy (non-hydrogen) atoms. The van der Waals surface area contributed by atoms with E-state index in [0.717, 1.165) is 5.92 Å². The zero-order chi connectivity index (χ0) is 13.7. The third-order valence-corrected chi connectivity index (χ3v) is 4.38. The molecular formula is C17H28N2. The molecule has 1 aliphatic heterocycles. The van der Waals surface area contributed by atoms with Crippen LogP contribution in [-0.4, -0.2) is 20.1 Å². The van der Waals surface area contributed by atoms with E-state index in [4.69, 9.17) is 0 Å². The van der Waals surface area contributed by atoms with Crippen LogP contribution in [0.4, 0.5) is 0 Å². The molecule has 2 nitrogen and oxygen atoms in total. The fourth-order valence-electron chi connectivity index (χ4n) is 2.98. The Kier molecular flexibility index (Phi) is 5.41. The van der Waals surface area contributed by atoms with Gasteiger partial charge in [0.25, 0.3) is 0 Å². The zero-order valence-electron chi connectivity index (χ0n) is 12.6. The van der Waals surface area contributed by atoms with Gasteiger partial charge in [0, 0.05) is 6.04 Å². The molecule has 2 rings (SSSR count). The van der Waals surface area contributed by atoms with Gasteiger partial charge in [0.05, 0.1) is 0 Å². The molecule has 0 saturated carbocycles. The second-order valence-corrected chi connectivity index (χ2v) is 6.09. The maximum Gasteiger partial charge on any atom is 0.0320 e. The van der Waals surface area contributed by atoms with Crippen molar-refractivity contribution in [3.8, 4) is 0 Å². The minimum atomic E-state index is 0.504. The normalized spacial score (nSPS) is 18.7. The van der Waals surface area contributed by atoms with Gasteiger partial charge in [0.1, 0.15) is 0 Å². The van der Waals surface area contributed by atoms with E-state index in [1.165, 1.54) is 43.5 Å². The lowest BCUT2D eigenvalue weighted by molar-refractivity contribution is 0.318. The van der Waals surface area contributed by atoms with Crippen LogP contribution in [0.3, 0.4) is 0 Å². The Morgan fingerprint density at radius 1 is 1.11 bits per heavy atom. The molecule has 0 aromatic heterocycles. The topological polar surface area (TPSA) is 24.1 Å². The maximum atomic E-state index is 3.49. The van der Waals surface area contributed by atoms with Crippen molar-refractivity contribution < 1.29 is 0 Å². The van der Waals surface area contributed by atoms with Gasteiger partial charge in [-0.25, -0.2) is 0 Å². The molecule has 1 heterocycles. The number of rotatable bonds is 5. The van der Waals surface area contributed by atoms with Crippen molar-refractivity contribution in [1.82, 2.24) is 10.6 Å². The van der Waals surface area contributed by atoms with E-state index >= 15 is 0 Å². The predicted octanol–water partition coefficient (Wildman–Crippen LogP) is 3.46. The third kappa shape index (κ3) is 4.05. The van der Waals surface area contributed by atoms with E-state index in [1.54, 1.807) is 0 Å². The fraction of sp³-hybridized carbons (Fsp3) is 0.647. The lowest BCUT2D eigenvalue weighted by atomic mass is 9.88. The molecule has 2 heteroatoms. The molecule has 0 spiro atoms. The molecular weight excluding hydrogens is 232 g/mol. The van der Waals surface area contributed by atoms with Gasteiger partial charge in [-0.1, -0.05) is 38.1 Å². The molecule has 1 aliphatic rings. The SMILES string of the molecule is CNC(CC1CCNCC1)c1ccc(C(C)C)cc1. The van der Waals surface area contributed by atoms with Crippen molar-refractivity contribution in [2.45, 2.75) is 45.1 Å². The van der Waals surface area contributed by atoms with Crippen LogP contribution < -0.4 is 10.6 Å². The first kappa shape index (κ1) is 14.5. The minimum Gasteiger partial charge on any atom is -0.317 e. The average Bonchev–Trinajstić information content (AvgIpc) is 2.46. The molecule has 1 atom stereocenters. The Balaban J connectivity index is 1.99. The van der Waals surface area contributed by atoms with Crippen LogP contribution in [0.5, 0.6) is 0 Å². The Bertz CT molecular complexity index is 363. The number of hydrogen-bond donors (Lipinski definition) is 2. The summed E-state index contributed by atoms with van der Waals surface area (Å²) < 4.78 is 0. The Hall–Kier alpha value is -0.860. The highest BCUT2D eigenvalue weighted by molar-refractivity contribution is 5.26. The molecule has 0 bridgehead atoms. The Morgan fingerprint density at radius 2 is 1.68 bits per heavy atom. The van der Waals surface area contributed by atoms with Gasteiger partial charge in [-0.2, -0.15) is 0 Å². The van der Waals surface area contributed by atoms with Gasteiger partial charge in [-0.15, -0.1) is 0 Å². The maximum absolute atomic E-state index is 3.49. The quantitative estimate of drug-likeness (QED) is 0.847. The van der Waals surface area contributed by atoms with Crippen LogP contribution in [0.2, 0.25) is 0 Å². The van der Waals surface area contributed by atoms with Crippen LogP contribution >= 0.6 is 0 Å². The first-order valence-corrected chi connectivity index (χ1v) is 7.68. The number of benzene rings is 1. The van der Waals surface area contributed by atoms with E-state index in [2.05, 4.69) is 55.8 Å². The highest BCUT2D eigenvalue weighted by Gasteiger charge is 2.18. The lowest BCUT2D eigenvalue weighted by Crippen LogP contribution is -2.30. The van der Waals surface area contributed by atoms with Crippen LogP contribution in [0.1, 0.15) is 56.2 Å². The van der Waals surface area contributed by atoms with E-state index < -0.39 is 0 Å². The smallest absolute Gasteiger partial charge is 0.0320 e. The minimum absolute atomic E-state index is 0.504. The predicted molar refractivity (Wildman–Crippen MR) is 82.5 cm³/mol. The lowest BCUT2D eigenvalue weighted by Gasteiger charge is -2.27. The van der Waals surface area contributed by atoms with Crippen LogP contribution in [0.15, 0.2) is 24.3 Å². The molecule has 0 aliphatic carbocycles. The van der Waals surface area contributed by atoms with Crippen molar-refractivity contribution in [2.24, 2.45) is 5.92 Å². The van der Waals surface area contributed by atoms with E-state index in [-0.39, 0.29) is 0 Å². The molecule has 1 aromatic carbocycles. The van der Waals surface area contributed by atoms with Gasteiger partial charge in [-0.3, -0.25) is 0 Å². The highest BCUT2D eigenvalue weighted by Crippen LogP contribution is 2.27. The second-order valence-electron chi connectivity index (χ2n) is 6.09. The largest absolute Gasteiger partial charge is 0.317 e. The standard InChI is InChI=1S/C17H28N2/c1-13(2)15-4-6-16(7-5-15)17(18-3)12-14-8-10-19-11-9-14/h4-7,13-14,17-19H,8-12H2,1-3H3. The first-order valence-electron chi connectivity index (χ1n) is 7.68. The number of nitrogens with one attached hydrogen (secondary N) is 2. The van der Waals surface area contributed by atoms with Crippen LogP contribution in [0.25, 0.3) is 0 Å². The Morgan fingerprint density at radius 3 is 2.21 bits per heavy atom. The molecule has 1 fully saturated rings. The average molecular weight is 260 g/mol. The molecule has 2 N–H and O–H groups in total.